The first-order valence-corrected chi connectivity index (χ1v) is 8.06. The van der Waals surface area contributed by atoms with Crippen molar-refractivity contribution in [3.05, 3.63) is 47.5 Å². The van der Waals surface area contributed by atoms with E-state index in [2.05, 4.69) is 37.8 Å². The molecule has 1 aromatic carbocycles. The summed E-state index contributed by atoms with van der Waals surface area (Å²) in [6, 6.07) is 8.45. The number of carbonyl (C=O) groups excluding carboxylic acids is 1. The highest BCUT2D eigenvalue weighted by Crippen LogP contribution is 2.41. The molecule has 0 radical (unpaired) electrons. The molecule has 2 heteroatoms. The topological polar surface area (TPSA) is 26.3 Å². The largest absolute Gasteiger partial charge is 0.451 e. The molecule has 1 aromatic rings. The molecule has 2 nitrogen and oxygen atoms in total. The third-order valence-electron chi connectivity index (χ3n) is 4.36. The van der Waals surface area contributed by atoms with E-state index < -0.39 is 5.60 Å². The maximum atomic E-state index is 12.2. The Morgan fingerprint density at radius 2 is 2.10 bits per heavy atom. The van der Waals surface area contributed by atoms with Crippen LogP contribution in [0.1, 0.15) is 63.5 Å². The summed E-state index contributed by atoms with van der Waals surface area (Å²) in [6.07, 6.45) is 7.33. The maximum absolute atomic E-state index is 12.2. The summed E-state index contributed by atoms with van der Waals surface area (Å²) in [4.78, 5) is 12.2. The number of ether oxygens (including phenoxy) is 1. The van der Waals surface area contributed by atoms with Crippen LogP contribution in [0.4, 0.5) is 0 Å². The molecule has 0 heterocycles. The van der Waals surface area contributed by atoms with E-state index in [1.807, 2.05) is 0 Å². The molecular formula is C19H26O2. The van der Waals surface area contributed by atoms with Crippen LogP contribution in [-0.4, -0.2) is 5.97 Å². The maximum Gasteiger partial charge on any atom is 0.333 e. The van der Waals surface area contributed by atoms with Crippen molar-refractivity contribution >= 4 is 5.97 Å². The van der Waals surface area contributed by atoms with Crippen molar-refractivity contribution in [2.75, 3.05) is 0 Å². The second-order valence-corrected chi connectivity index (χ2v) is 6.13. The molecule has 0 aromatic heterocycles. The Morgan fingerprint density at radius 3 is 2.81 bits per heavy atom. The zero-order valence-corrected chi connectivity index (χ0v) is 13.3. The highest BCUT2D eigenvalue weighted by atomic mass is 16.6. The van der Waals surface area contributed by atoms with Crippen LogP contribution in [0.15, 0.2) is 36.4 Å². The van der Waals surface area contributed by atoms with Crippen LogP contribution in [0.2, 0.25) is 0 Å². The highest BCUT2D eigenvalue weighted by molar-refractivity contribution is 5.87. The summed E-state index contributed by atoms with van der Waals surface area (Å²) in [5.41, 5.74) is 2.57. The third-order valence-corrected chi connectivity index (χ3v) is 4.36. The zero-order valence-electron chi connectivity index (χ0n) is 13.3. The molecule has 114 valence electrons. The Hall–Kier alpha value is -1.57. The highest BCUT2D eigenvalue weighted by Gasteiger charge is 2.38. The number of unbranched alkanes of at least 4 members (excludes halogenated alkanes) is 1. The van der Waals surface area contributed by atoms with Gasteiger partial charge in [-0.2, -0.15) is 0 Å². The average molecular weight is 286 g/mol. The Morgan fingerprint density at radius 1 is 1.33 bits per heavy atom. The van der Waals surface area contributed by atoms with Gasteiger partial charge in [0, 0.05) is 5.57 Å². The van der Waals surface area contributed by atoms with E-state index in [0.29, 0.717) is 5.57 Å². The van der Waals surface area contributed by atoms with Crippen LogP contribution in [0.3, 0.4) is 0 Å². The van der Waals surface area contributed by atoms with E-state index in [0.717, 1.165) is 44.9 Å². The molecule has 0 aliphatic heterocycles. The van der Waals surface area contributed by atoms with E-state index in [9.17, 15) is 4.79 Å². The molecular weight excluding hydrogens is 260 g/mol. The molecule has 0 bridgehead atoms. The van der Waals surface area contributed by atoms with Crippen LogP contribution in [0, 0.1) is 0 Å². The standard InChI is InChI=1S/C19H26O2/c1-4-5-13-19(21-18(20)15(2)3)14-9-8-11-16-10-6-7-12-17(16)19/h6-7,10,12H,2,4-5,8-9,11,13-14H2,1,3H3. The van der Waals surface area contributed by atoms with Gasteiger partial charge in [0.25, 0.3) is 0 Å². The van der Waals surface area contributed by atoms with Crippen molar-refractivity contribution in [1.29, 1.82) is 0 Å². The van der Waals surface area contributed by atoms with Gasteiger partial charge in [0.1, 0.15) is 5.60 Å². The summed E-state index contributed by atoms with van der Waals surface area (Å²) in [7, 11) is 0. The van der Waals surface area contributed by atoms with E-state index in [1.54, 1.807) is 6.92 Å². The lowest BCUT2D eigenvalue weighted by Gasteiger charge is -2.34. The summed E-state index contributed by atoms with van der Waals surface area (Å²) >= 11 is 0. The Balaban J connectivity index is 2.42. The molecule has 1 aliphatic carbocycles. The molecule has 2 rings (SSSR count). The van der Waals surface area contributed by atoms with Gasteiger partial charge in [0.2, 0.25) is 0 Å². The molecule has 0 saturated carbocycles. The van der Waals surface area contributed by atoms with Crippen LogP contribution in [-0.2, 0) is 21.6 Å². The number of hydrogen-bond acceptors (Lipinski definition) is 2. The molecule has 0 fully saturated rings. The minimum absolute atomic E-state index is 0.261. The van der Waals surface area contributed by atoms with Gasteiger partial charge in [-0.05, 0) is 56.6 Å². The fourth-order valence-electron chi connectivity index (χ4n) is 3.19. The SMILES string of the molecule is C=C(C)C(=O)OC1(CCCC)CCCCc2ccccc21. The van der Waals surface area contributed by atoms with Gasteiger partial charge in [0.05, 0.1) is 0 Å². The number of esters is 1. The van der Waals surface area contributed by atoms with Gasteiger partial charge in [-0.15, -0.1) is 0 Å². The molecule has 0 saturated heterocycles. The normalized spacial score (nSPS) is 21.2. The smallest absolute Gasteiger partial charge is 0.333 e. The quantitative estimate of drug-likeness (QED) is 0.436. The molecule has 1 aliphatic rings. The molecule has 1 unspecified atom stereocenters. The number of aryl methyl sites for hydroxylation is 1. The predicted molar refractivity (Wildman–Crippen MR) is 86.1 cm³/mol. The third kappa shape index (κ3) is 3.55. The summed E-state index contributed by atoms with van der Waals surface area (Å²) in [6.45, 7) is 7.63. The fraction of sp³-hybridized carbons (Fsp3) is 0.526. The van der Waals surface area contributed by atoms with Gasteiger partial charge >= 0.3 is 5.97 Å². The van der Waals surface area contributed by atoms with E-state index in [4.69, 9.17) is 4.74 Å². The first-order valence-electron chi connectivity index (χ1n) is 8.06. The van der Waals surface area contributed by atoms with Crippen molar-refractivity contribution in [2.45, 2.75) is 64.4 Å². The summed E-state index contributed by atoms with van der Waals surface area (Å²) in [5, 5.41) is 0. The number of fused-ring (bicyclic) bond motifs is 1. The molecule has 21 heavy (non-hydrogen) atoms. The molecule has 1 atom stereocenters. The lowest BCUT2D eigenvalue weighted by molar-refractivity contribution is -0.158. The van der Waals surface area contributed by atoms with Gasteiger partial charge in [-0.3, -0.25) is 0 Å². The van der Waals surface area contributed by atoms with Gasteiger partial charge in [-0.1, -0.05) is 44.2 Å². The van der Waals surface area contributed by atoms with E-state index in [-0.39, 0.29) is 5.97 Å². The van der Waals surface area contributed by atoms with Gasteiger partial charge in [-0.25, -0.2) is 4.79 Å². The first kappa shape index (κ1) is 15.8. The van der Waals surface area contributed by atoms with E-state index in [1.165, 1.54) is 11.1 Å². The Labute approximate surface area is 128 Å². The van der Waals surface area contributed by atoms with Crippen LogP contribution < -0.4 is 0 Å². The van der Waals surface area contributed by atoms with Crippen molar-refractivity contribution < 1.29 is 9.53 Å². The number of carbonyl (C=O) groups is 1. The van der Waals surface area contributed by atoms with Crippen molar-refractivity contribution in [3.63, 3.8) is 0 Å². The molecule has 0 spiro atoms. The number of rotatable bonds is 5. The summed E-state index contributed by atoms with van der Waals surface area (Å²) in [5.74, 6) is -0.261. The zero-order chi connectivity index (χ0) is 15.3. The predicted octanol–water partition coefficient (Wildman–Crippen LogP) is 4.92. The monoisotopic (exact) mass is 286 g/mol. The van der Waals surface area contributed by atoms with Crippen LogP contribution >= 0.6 is 0 Å². The minimum atomic E-state index is -0.459. The second kappa shape index (κ2) is 6.93. The van der Waals surface area contributed by atoms with Crippen molar-refractivity contribution in [1.82, 2.24) is 0 Å². The van der Waals surface area contributed by atoms with Crippen LogP contribution in [0.5, 0.6) is 0 Å². The number of hydrogen-bond donors (Lipinski definition) is 0. The second-order valence-electron chi connectivity index (χ2n) is 6.13. The lowest BCUT2D eigenvalue weighted by atomic mass is 9.83. The Bertz CT molecular complexity index is 518. The van der Waals surface area contributed by atoms with Gasteiger partial charge < -0.3 is 4.74 Å². The van der Waals surface area contributed by atoms with Crippen molar-refractivity contribution in [3.8, 4) is 0 Å². The lowest BCUT2D eigenvalue weighted by Crippen LogP contribution is -2.33. The van der Waals surface area contributed by atoms with Crippen LogP contribution in [0.25, 0.3) is 0 Å². The van der Waals surface area contributed by atoms with Crippen molar-refractivity contribution in [2.24, 2.45) is 0 Å². The molecule has 0 N–H and O–H groups in total. The average Bonchev–Trinajstić information content (AvgIpc) is 2.66. The van der Waals surface area contributed by atoms with E-state index >= 15 is 0 Å². The minimum Gasteiger partial charge on any atom is -0.451 e. The van der Waals surface area contributed by atoms with Gasteiger partial charge in [0.15, 0.2) is 0 Å². The fourth-order valence-corrected chi connectivity index (χ4v) is 3.19. The number of benzene rings is 1. The first-order chi connectivity index (χ1) is 10.1. The Kier molecular flexibility index (Phi) is 5.22. The summed E-state index contributed by atoms with van der Waals surface area (Å²) < 4.78 is 6.01. The molecule has 0 amide bonds.